The second-order valence-electron chi connectivity index (χ2n) is 4.56. The first-order valence-corrected chi connectivity index (χ1v) is 9.97. The Morgan fingerprint density at radius 2 is 1.07 bits per heavy atom. The lowest BCUT2D eigenvalue weighted by atomic mass is 10.4. The van der Waals surface area contributed by atoms with E-state index in [9.17, 15) is 4.79 Å². The number of rotatable bonds is 6. The van der Waals surface area contributed by atoms with E-state index >= 15 is 0 Å². The molecule has 0 spiro atoms. The van der Waals surface area contributed by atoms with Crippen molar-refractivity contribution >= 4 is 5.97 Å². The second kappa shape index (κ2) is 82.3. The molecular formula is C24H52O5. The van der Waals surface area contributed by atoms with Crippen molar-refractivity contribution in [3.05, 3.63) is 50.6 Å². The average molecular weight is 421 g/mol. The molecule has 0 rings (SSSR count). The lowest BCUT2D eigenvalue weighted by molar-refractivity contribution is -0.141. The van der Waals surface area contributed by atoms with Crippen LogP contribution in [0.25, 0.3) is 0 Å². The summed E-state index contributed by atoms with van der Waals surface area (Å²) in [6, 6.07) is 0. The van der Waals surface area contributed by atoms with E-state index in [1.807, 2.05) is 41.5 Å². The zero-order valence-electron chi connectivity index (χ0n) is 20.7. The number of ether oxygens (including phenoxy) is 2. The molecule has 0 atom stereocenters. The molecule has 0 aliphatic heterocycles. The van der Waals surface area contributed by atoms with Gasteiger partial charge >= 0.3 is 5.97 Å². The number of unbranched alkanes of at least 4 members (excludes halogenated alkanes) is 1. The van der Waals surface area contributed by atoms with Gasteiger partial charge < -0.3 is 19.7 Å². The first kappa shape index (κ1) is 45.8. The molecule has 0 aliphatic carbocycles. The molecule has 0 aromatic carbocycles. The maximum absolute atomic E-state index is 10.1. The van der Waals surface area contributed by atoms with Gasteiger partial charge in [-0.25, -0.2) is 0 Å². The predicted molar refractivity (Wildman–Crippen MR) is 131 cm³/mol. The van der Waals surface area contributed by atoms with Crippen LogP contribution in [0, 0.1) is 0 Å². The van der Waals surface area contributed by atoms with Crippen molar-refractivity contribution in [1.82, 2.24) is 0 Å². The highest BCUT2D eigenvalue weighted by atomic mass is 16.5. The quantitative estimate of drug-likeness (QED) is 0.307. The molecule has 0 aromatic heterocycles. The zero-order valence-corrected chi connectivity index (χ0v) is 20.7. The zero-order chi connectivity index (χ0) is 24.8. The lowest BCUT2D eigenvalue weighted by Gasteiger charge is -1.96. The number of carbonyl (C=O) groups excluding carboxylic acids is 1. The summed E-state index contributed by atoms with van der Waals surface area (Å²) < 4.78 is 9.48. The van der Waals surface area contributed by atoms with Crippen LogP contribution in [0.3, 0.4) is 0 Å². The van der Waals surface area contributed by atoms with Gasteiger partial charge in [0.2, 0.25) is 0 Å². The summed E-state index contributed by atoms with van der Waals surface area (Å²) >= 11 is 0. The number of hydrogen-bond acceptors (Lipinski definition) is 5. The molecule has 2 N–H and O–H groups in total. The van der Waals surface area contributed by atoms with Crippen molar-refractivity contribution < 1.29 is 24.5 Å². The molecule has 0 bridgehead atoms. The average Bonchev–Trinajstić information content (AvgIpc) is 2.66. The summed E-state index contributed by atoms with van der Waals surface area (Å²) in [7, 11) is 0. The van der Waals surface area contributed by atoms with Gasteiger partial charge in [0.05, 0.1) is 19.8 Å². The van der Waals surface area contributed by atoms with Crippen LogP contribution in [0.4, 0.5) is 0 Å². The van der Waals surface area contributed by atoms with Crippen LogP contribution in [-0.2, 0) is 14.3 Å². The van der Waals surface area contributed by atoms with E-state index in [1.165, 1.54) is 6.92 Å². The minimum atomic E-state index is -0.182. The highest BCUT2D eigenvalue weighted by Gasteiger charge is 1.88. The third-order valence-electron chi connectivity index (χ3n) is 1.31. The van der Waals surface area contributed by atoms with Gasteiger partial charge in [0, 0.05) is 20.1 Å². The van der Waals surface area contributed by atoms with Gasteiger partial charge in [-0.3, -0.25) is 4.79 Å². The largest absolute Gasteiger partial charge is 0.466 e. The van der Waals surface area contributed by atoms with E-state index in [1.54, 1.807) is 24.3 Å². The topological polar surface area (TPSA) is 76.0 Å². The highest BCUT2D eigenvalue weighted by molar-refractivity contribution is 5.65. The van der Waals surface area contributed by atoms with Crippen molar-refractivity contribution in [2.75, 3.05) is 33.0 Å². The first-order valence-electron chi connectivity index (χ1n) is 9.97. The van der Waals surface area contributed by atoms with Crippen LogP contribution in [0.15, 0.2) is 50.6 Å². The predicted octanol–water partition coefficient (Wildman–Crippen LogP) is 6.13. The van der Waals surface area contributed by atoms with Crippen LogP contribution in [-0.4, -0.2) is 49.2 Å². The Morgan fingerprint density at radius 3 is 1.17 bits per heavy atom. The first-order chi connectivity index (χ1) is 13.8. The number of carbonyl (C=O) groups is 1. The van der Waals surface area contributed by atoms with Crippen LogP contribution in [0.2, 0.25) is 0 Å². The molecule has 178 valence electrons. The SMILES string of the molecule is C=CC.C=CC.C=CC.C=CC.CCCCOC(C)=O.CCOCC.OCCO. The molecule has 0 amide bonds. The Balaban J connectivity index is -0.0000000408. The summed E-state index contributed by atoms with van der Waals surface area (Å²) in [5.41, 5.74) is 0. The summed E-state index contributed by atoms with van der Waals surface area (Å²) in [5.74, 6) is -0.182. The third kappa shape index (κ3) is 391. The molecule has 5 nitrogen and oxygen atoms in total. The minimum absolute atomic E-state index is 0.125. The Kier molecular flexibility index (Phi) is 130. The van der Waals surface area contributed by atoms with Crippen LogP contribution in [0.1, 0.15) is 68.2 Å². The Labute approximate surface area is 182 Å². The maximum atomic E-state index is 10.1. The van der Waals surface area contributed by atoms with Crippen LogP contribution in [0.5, 0.6) is 0 Å². The van der Waals surface area contributed by atoms with E-state index in [-0.39, 0.29) is 19.2 Å². The van der Waals surface area contributed by atoms with Gasteiger partial charge in [0.25, 0.3) is 0 Å². The lowest BCUT2D eigenvalue weighted by Crippen LogP contribution is -1.99. The molecule has 5 heteroatoms. The number of aliphatic hydroxyl groups is 2. The van der Waals surface area contributed by atoms with Gasteiger partial charge in [-0.05, 0) is 48.0 Å². The molecule has 0 aliphatic rings. The minimum Gasteiger partial charge on any atom is -0.466 e. The molecule has 0 saturated carbocycles. The number of allylic oxidation sites excluding steroid dienone is 4. The molecule has 29 heavy (non-hydrogen) atoms. The fourth-order valence-electron chi connectivity index (χ4n) is 0.564. The van der Waals surface area contributed by atoms with Crippen LogP contribution < -0.4 is 0 Å². The second-order valence-corrected chi connectivity index (χ2v) is 4.56. The number of aliphatic hydroxyl groups excluding tert-OH is 2. The fraction of sp³-hybridized carbons (Fsp3) is 0.625. The van der Waals surface area contributed by atoms with Gasteiger partial charge in [0.15, 0.2) is 0 Å². The van der Waals surface area contributed by atoms with E-state index in [4.69, 9.17) is 14.9 Å². The van der Waals surface area contributed by atoms with E-state index in [0.717, 1.165) is 26.1 Å². The normalized spacial score (nSPS) is 6.69. The fourth-order valence-corrected chi connectivity index (χ4v) is 0.564. The Morgan fingerprint density at radius 1 is 0.793 bits per heavy atom. The monoisotopic (exact) mass is 420 g/mol. The summed E-state index contributed by atoms with van der Waals surface area (Å²) in [6.07, 6.45) is 9.05. The Hall–Kier alpha value is -1.69. The third-order valence-corrected chi connectivity index (χ3v) is 1.31. The van der Waals surface area contributed by atoms with Crippen molar-refractivity contribution in [1.29, 1.82) is 0 Å². The molecule has 0 unspecified atom stereocenters. The molecular weight excluding hydrogens is 368 g/mol. The maximum Gasteiger partial charge on any atom is 0.302 e. The van der Waals surface area contributed by atoms with Crippen LogP contribution >= 0.6 is 0 Å². The number of hydrogen-bond donors (Lipinski definition) is 2. The van der Waals surface area contributed by atoms with Gasteiger partial charge in [-0.2, -0.15) is 0 Å². The van der Waals surface area contributed by atoms with Crippen molar-refractivity contribution in [3.8, 4) is 0 Å². The standard InChI is InChI=1S/C6H12O2.C4H10O.4C3H6.C2H6O2/c1-3-4-5-8-6(2)7;1-3-5-4-2;4*1-3-2;3-1-2-4/h3-5H2,1-2H3;3-4H2,1-2H3;4*3H,1H2,2H3;3-4H,1-2H2. The van der Waals surface area contributed by atoms with Crippen molar-refractivity contribution in [2.24, 2.45) is 0 Å². The molecule has 0 aromatic rings. The molecule has 0 saturated heterocycles. The van der Waals surface area contributed by atoms with Gasteiger partial charge in [-0.15, -0.1) is 26.3 Å². The van der Waals surface area contributed by atoms with Crippen molar-refractivity contribution in [2.45, 2.75) is 68.2 Å². The molecule has 0 heterocycles. The molecule has 0 fully saturated rings. The smallest absolute Gasteiger partial charge is 0.302 e. The highest BCUT2D eigenvalue weighted by Crippen LogP contribution is 1.86. The molecule has 0 radical (unpaired) electrons. The van der Waals surface area contributed by atoms with Gasteiger partial charge in [-0.1, -0.05) is 37.6 Å². The van der Waals surface area contributed by atoms with E-state index in [2.05, 4.69) is 38.0 Å². The Bertz CT molecular complexity index is 236. The van der Waals surface area contributed by atoms with Crippen molar-refractivity contribution in [3.63, 3.8) is 0 Å². The summed E-state index contributed by atoms with van der Waals surface area (Å²) in [6.45, 7) is 30.5. The van der Waals surface area contributed by atoms with E-state index in [0.29, 0.717) is 6.61 Å². The summed E-state index contributed by atoms with van der Waals surface area (Å²) in [4.78, 5) is 10.1. The van der Waals surface area contributed by atoms with Gasteiger partial charge in [0.1, 0.15) is 0 Å². The number of esters is 1. The summed E-state index contributed by atoms with van der Waals surface area (Å²) in [5, 5.41) is 15.2. The van der Waals surface area contributed by atoms with E-state index < -0.39 is 0 Å².